The van der Waals surface area contributed by atoms with E-state index in [0.29, 0.717) is 0 Å². The first-order chi connectivity index (χ1) is 19.0. The standard InChI is InChI=1S/C40H66/c1-29(17-13-19-31(3)21-25-39-27-35(7)37(9)36(8)28-39)15-11-12-16-30(2)18-14-20-32(4)22-26-40-34(6)24-23-33(5)38(40)10/h23-24,27-32H,11-22,25-26H2,1-10H3. The molecule has 0 radical (unpaired) electrons. The van der Waals surface area contributed by atoms with E-state index in [4.69, 9.17) is 0 Å². The monoisotopic (exact) mass is 547 g/mol. The van der Waals surface area contributed by atoms with Gasteiger partial charge in [0, 0.05) is 0 Å². The van der Waals surface area contributed by atoms with E-state index in [1.807, 2.05) is 0 Å². The summed E-state index contributed by atoms with van der Waals surface area (Å²) in [5, 5.41) is 0. The highest BCUT2D eigenvalue weighted by atomic mass is 14.2. The number of hydrogen-bond donors (Lipinski definition) is 0. The van der Waals surface area contributed by atoms with Gasteiger partial charge in [-0.25, -0.2) is 0 Å². The van der Waals surface area contributed by atoms with Gasteiger partial charge in [-0.3, -0.25) is 0 Å². The molecular formula is C40H66. The van der Waals surface area contributed by atoms with E-state index in [9.17, 15) is 0 Å². The van der Waals surface area contributed by atoms with E-state index < -0.39 is 0 Å². The molecule has 226 valence electrons. The van der Waals surface area contributed by atoms with Crippen molar-refractivity contribution in [3.8, 4) is 0 Å². The van der Waals surface area contributed by atoms with Crippen molar-refractivity contribution in [2.45, 2.75) is 159 Å². The van der Waals surface area contributed by atoms with Gasteiger partial charge in [0.05, 0.1) is 0 Å². The molecule has 0 saturated heterocycles. The van der Waals surface area contributed by atoms with Crippen LogP contribution in [0.3, 0.4) is 0 Å². The van der Waals surface area contributed by atoms with Gasteiger partial charge >= 0.3 is 0 Å². The van der Waals surface area contributed by atoms with Crippen LogP contribution in [-0.4, -0.2) is 0 Å². The Morgan fingerprint density at radius 3 is 1.32 bits per heavy atom. The molecule has 0 aliphatic rings. The van der Waals surface area contributed by atoms with Crippen molar-refractivity contribution >= 4 is 0 Å². The summed E-state index contributed by atoms with van der Waals surface area (Å²) in [6, 6.07) is 9.40. The Morgan fingerprint density at radius 2 is 0.825 bits per heavy atom. The predicted octanol–water partition coefficient (Wildman–Crippen LogP) is 12.5. The molecule has 2 rings (SSSR count). The van der Waals surface area contributed by atoms with Gasteiger partial charge in [-0.1, -0.05) is 116 Å². The van der Waals surface area contributed by atoms with E-state index in [0.717, 1.165) is 23.7 Å². The van der Waals surface area contributed by atoms with Gasteiger partial charge in [-0.15, -0.1) is 0 Å². The van der Waals surface area contributed by atoms with Gasteiger partial charge in [0.1, 0.15) is 0 Å². The topological polar surface area (TPSA) is 0 Å². The highest BCUT2D eigenvalue weighted by molar-refractivity contribution is 5.39. The molecular weight excluding hydrogens is 480 g/mol. The fourth-order valence-electron chi connectivity index (χ4n) is 6.66. The molecule has 0 heterocycles. The van der Waals surface area contributed by atoms with Crippen LogP contribution < -0.4 is 0 Å². The lowest BCUT2D eigenvalue weighted by molar-refractivity contribution is 0.378. The van der Waals surface area contributed by atoms with Crippen LogP contribution in [0.5, 0.6) is 0 Å². The van der Waals surface area contributed by atoms with Crippen molar-refractivity contribution in [3.05, 3.63) is 68.8 Å². The summed E-state index contributed by atoms with van der Waals surface area (Å²) < 4.78 is 0. The van der Waals surface area contributed by atoms with Gasteiger partial charge in [-0.05, 0) is 135 Å². The third kappa shape index (κ3) is 12.5. The first-order valence-corrected chi connectivity index (χ1v) is 17.1. The second-order valence-electron chi connectivity index (χ2n) is 14.3. The van der Waals surface area contributed by atoms with Gasteiger partial charge < -0.3 is 0 Å². The molecule has 0 aliphatic carbocycles. The van der Waals surface area contributed by atoms with Crippen molar-refractivity contribution in [1.29, 1.82) is 0 Å². The van der Waals surface area contributed by atoms with Crippen LogP contribution in [0, 0.1) is 65.2 Å². The lowest BCUT2D eigenvalue weighted by Gasteiger charge is -2.17. The molecule has 4 unspecified atom stereocenters. The minimum atomic E-state index is 0.839. The Kier molecular flexibility index (Phi) is 15.7. The van der Waals surface area contributed by atoms with Crippen LogP contribution in [0.4, 0.5) is 0 Å². The Bertz CT molecular complexity index is 972. The molecule has 0 N–H and O–H groups in total. The maximum absolute atomic E-state index is 2.49. The molecule has 0 saturated carbocycles. The maximum Gasteiger partial charge on any atom is -0.0271 e. The maximum atomic E-state index is 2.49. The molecule has 2 aromatic rings. The van der Waals surface area contributed by atoms with E-state index in [1.165, 1.54) is 129 Å². The lowest BCUT2D eigenvalue weighted by atomic mass is 9.89. The summed E-state index contributed by atoms with van der Waals surface area (Å²) in [6.45, 7) is 23.5. The first kappa shape index (κ1) is 34.6. The fraction of sp³-hybridized carbons (Fsp3) is 0.700. The molecule has 0 aromatic heterocycles. The Morgan fingerprint density at radius 1 is 0.425 bits per heavy atom. The molecule has 0 amide bonds. The Labute approximate surface area is 251 Å². The van der Waals surface area contributed by atoms with E-state index in [1.54, 1.807) is 5.56 Å². The second-order valence-corrected chi connectivity index (χ2v) is 14.3. The van der Waals surface area contributed by atoms with Gasteiger partial charge in [0.25, 0.3) is 0 Å². The number of unbranched alkanes of at least 4 members (excludes halogenated alkanes) is 1. The molecule has 4 atom stereocenters. The zero-order valence-electron chi connectivity index (χ0n) is 28.5. The summed E-state index contributed by atoms with van der Waals surface area (Å²) in [6.07, 6.45) is 19.3. The number of rotatable bonds is 19. The summed E-state index contributed by atoms with van der Waals surface area (Å²) in [4.78, 5) is 0. The lowest BCUT2D eigenvalue weighted by Crippen LogP contribution is -2.03. The van der Waals surface area contributed by atoms with Crippen molar-refractivity contribution < 1.29 is 0 Å². The molecule has 0 spiro atoms. The minimum absolute atomic E-state index is 0.839. The van der Waals surface area contributed by atoms with E-state index in [2.05, 4.69) is 93.5 Å². The van der Waals surface area contributed by atoms with Gasteiger partial charge in [-0.2, -0.15) is 0 Å². The van der Waals surface area contributed by atoms with Crippen molar-refractivity contribution in [1.82, 2.24) is 0 Å². The van der Waals surface area contributed by atoms with E-state index in [-0.39, 0.29) is 0 Å². The average Bonchev–Trinajstić information content (AvgIpc) is 2.90. The molecule has 40 heavy (non-hydrogen) atoms. The zero-order valence-corrected chi connectivity index (χ0v) is 28.5. The van der Waals surface area contributed by atoms with Crippen molar-refractivity contribution in [3.63, 3.8) is 0 Å². The summed E-state index contributed by atoms with van der Waals surface area (Å²) in [7, 11) is 0. The second kappa shape index (κ2) is 18.1. The zero-order chi connectivity index (χ0) is 29.7. The van der Waals surface area contributed by atoms with Crippen LogP contribution in [0.1, 0.15) is 149 Å². The van der Waals surface area contributed by atoms with Crippen molar-refractivity contribution in [2.75, 3.05) is 0 Å². The third-order valence-corrected chi connectivity index (χ3v) is 10.3. The SMILES string of the molecule is Cc1cc(CCC(C)CCCC(C)CCCCC(C)CCCC(C)CCc2c(C)ccc(C)c2C)cc(C)c1C. The Hall–Kier alpha value is -1.56. The molecule has 2 aromatic carbocycles. The van der Waals surface area contributed by atoms with Gasteiger partial charge in [0.15, 0.2) is 0 Å². The number of hydrogen-bond acceptors (Lipinski definition) is 0. The third-order valence-electron chi connectivity index (χ3n) is 10.3. The summed E-state index contributed by atoms with van der Waals surface area (Å²) >= 11 is 0. The van der Waals surface area contributed by atoms with Crippen LogP contribution in [0.15, 0.2) is 24.3 Å². The number of aryl methyl sites for hydroxylation is 5. The highest BCUT2D eigenvalue weighted by Gasteiger charge is 2.11. The molecule has 0 aliphatic heterocycles. The first-order valence-electron chi connectivity index (χ1n) is 17.1. The molecule has 0 nitrogen and oxygen atoms in total. The highest BCUT2D eigenvalue weighted by Crippen LogP contribution is 2.26. The average molecular weight is 547 g/mol. The summed E-state index contributed by atoms with van der Waals surface area (Å²) in [5.41, 5.74) is 11.9. The normalized spacial score (nSPS) is 14.8. The quantitative estimate of drug-likeness (QED) is 0.154. The summed E-state index contributed by atoms with van der Waals surface area (Å²) in [5.74, 6) is 3.47. The molecule has 0 bridgehead atoms. The molecule has 0 heteroatoms. The van der Waals surface area contributed by atoms with Crippen molar-refractivity contribution in [2.24, 2.45) is 23.7 Å². The van der Waals surface area contributed by atoms with Gasteiger partial charge in [0.2, 0.25) is 0 Å². The minimum Gasteiger partial charge on any atom is -0.0625 e. The largest absolute Gasteiger partial charge is 0.0625 e. The van der Waals surface area contributed by atoms with Crippen LogP contribution in [0.2, 0.25) is 0 Å². The predicted molar refractivity (Wildman–Crippen MR) is 181 cm³/mol. The number of benzene rings is 2. The van der Waals surface area contributed by atoms with Crippen LogP contribution >= 0.6 is 0 Å². The van der Waals surface area contributed by atoms with Crippen LogP contribution in [-0.2, 0) is 12.8 Å². The van der Waals surface area contributed by atoms with Crippen LogP contribution in [0.25, 0.3) is 0 Å². The smallest absolute Gasteiger partial charge is 0.0271 e. The van der Waals surface area contributed by atoms with E-state index >= 15 is 0 Å². The Balaban J connectivity index is 1.49. The molecule has 0 fully saturated rings. The fourth-order valence-corrected chi connectivity index (χ4v) is 6.66.